The van der Waals surface area contributed by atoms with Crippen LogP contribution in [0.25, 0.3) is 78.9 Å². The van der Waals surface area contributed by atoms with E-state index in [1.54, 1.807) is 0 Å². The van der Waals surface area contributed by atoms with E-state index >= 15 is 0 Å². The number of hydrogen-bond donors (Lipinski definition) is 0. The van der Waals surface area contributed by atoms with Crippen molar-refractivity contribution in [1.82, 2.24) is 0 Å². The number of anilines is 12. The van der Waals surface area contributed by atoms with E-state index < -0.39 is 0 Å². The molecule has 0 atom stereocenters. The van der Waals surface area contributed by atoms with Crippen molar-refractivity contribution in [1.29, 1.82) is 0 Å². The fraction of sp³-hybridized carbons (Fsp3) is 0. The van der Waals surface area contributed by atoms with Crippen molar-refractivity contribution in [3.63, 3.8) is 0 Å². The summed E-state index contributed by atoms with van der Waals surface area (Å²) in [6.45, 7) is 0. The number of para-hydroxylation sites is 6. The molecular weight excluding hydrogens is 1190 g/mol. The van der Waals surface area contributed by atoms with E-state index in [-0.39, 0.29) is 0 Å². The molecule has 0 bridgehead atoms. The third kappa shape index (κ3) is 12.5. The molecule has 0 radical (unpaired) electrons. The molecule has 0 saturated carbocycles. The van der Waals surface area contributed by atoms with Gasteiger partial charge in [0.2, 0.25) is 0 Å². The fourth-order valence-corrected chi connectivity index (χ4v) is 13.6. The summed E-state index contributed by atoms with van der Waals surface area (Å²) in [7, 11) is 0. The fourth-order valence-electron chi connectivity index (χ4n) is 13.6. The monoisotopic (exact) mass is 1250 g/mol. The highest BCUT2D eigenvalue weighted by Gasteiger charge is 2.20. The molecule has 0 amide bonds. The molecule has 0 spiro atoms. The van der Waals surface area contributed by atoms with E-state index in [2.05, 4.69) is 432 Å². The van der Waals surface area contributed by atoms with E-state index in [0.717, 1.165) is 102 Å². The summed E-state index contributed by atoms with van der Waals surface area (Å²) in [5.74, 6) is 0. The molecular formula is C94H68N4. The maximum Gasteiger partial charge on any atom is 0.0462 e. The average Bonchev–Trinajstić information content (AvgIpc) is 0.737. The minimum Gasteiger partial charge on any atom is -0.311 e. The molecule has 464 valence electrons. The molecule has 0 heterocycles. The zero-order valence-corrected chi connectivity index (χ0v) is 54.0. The Morgan fingerprint density at radius 3 is 0.724 bits per heavy atom. The number of nitrogens with zero attached hydrogens (tertiary/aromatic N) is 4. The van der Waals surface area contributed by atoms with Gasteiger partial charge in [0.1, 0.15) is 0 Å². The predicted molar refractivity (Wildman–Crippen MR) is 419 cm³/mol. The molecule has 0 aromatic heterocycles. The summed E-state index contributed by atoms with van der Waals surface area (Å²) >= 11 is 0. The second-order valence-electron chi connectivity index (χ2n) is 24.5. The lowest BCUT2D eigenvalue weighted by atomic mass is 9.88. The Morgan fingerprint density at radius 1 is 0.153 bits per heavy atom. The van der Waals surface area contributed by atoms with E-state index in [4.69, 9.17) is 0 Å². The second kappa shape index (κ2) is 27.5. The zero-order chi connectivity index (χ0) is 65.4. The van der Waals surface area contributed by atoms with Crippen molar-refractivity contribution < 1.29 is 0 Å². The van der Waals surface area contributed by atoms with E-state index in [1.165, 1.54) is 43.4 Å². The van der Waals surface area contributed by atoms with Gasteiger partial charge in [0, 0.05) is 68.2 Å². The van der Waals surface area contributed by atoms with Crippen molar-refractivity contribution >= 4 is 125 Å². The molecule has 0 unspecified atom stereocenters. The summed E-state index contributed by atoms with van der Waals surface area (Å²) in [6.07, 6.45) is 8.76. The van der Waals surface area contributed by atoms with Crippen LogP contribution in [-0.4, -0.2) is 0 Å². The van der Waals surface area contributed by atoms with Crippen LogP contribution in [0.2, 0.25) is 0 Å². The molecule has 4 nitrogen and oxygen atoms in total. The molecule has 0 fully saturated rings. The zero-order valence-electron chi connectivity index (χ0n) is 54.0. The Morgan fingerprint density at radius 2 is 0.398 bits per heavy atom. The normalized spacial score (nSPS) is 11.4. The van der Waals surface area contributed by atoms with E-state index in [0.29, 0.717) is 0 Å². The summed E-state index contributed by atoms with van der Waals surface area (Å²) in [5.41, 5.74) is 22.4. The predicted octanol–water partition coefficient (Wildman–Crippen LogP) is 26.7. The molecule has 0 saturated heterocycles. The van der Waals surface area contributed by atoms with Crippen LogP contribution in [0.5, 0.6) is 0 Å². The lowest BCUT2D eigenvalue weighted by Crippen LogP contribution is -2.09. The van der Waals surface area contributed by atoms with Crippen molar-refractivity contribution in [2.75, 3.05) is 19.6 Å². The van der Waals surface area contributed by atoms with Gasteiger partial charge in [-0.2, -0.15) is 0 Å². The maximum atomic E-state index is 2.34. The van der Waals surface area contributed by atoms with Gasteiger partial charge in [-0.1, -0.05) is 267 Å². The Hall–Kier alpha value is -13.0. The van der Waals surface area contributed by atoms with E-state index in [1.807, 2.05) is 0 Å². The van der Waals surface area contributed by atoms with Crippen molar-refractivity contribution in [2.45, 2.75) is 0 Å². The summed E-state index contributed by atoms with van der Waals surface area (Å²) in [4.78, 5) is 9.25. The summed E-state index contributed by atoms with van der Waals surface area (Å²) in [5, 5.41) is 7.39. The molecule has 0 aliphatic rings. The highest BCUT2D eigenvalue weighted by molar-refractivity contribution is 6.23. The minimum absolute atomic E-state index is 1.07. The molecule has 0 aliphatic heterocycles. The van der Waals surface area contributed by atoms with Gasteiger partial charge in [0.05, 0.1) is 0 Å². The SMILES string of the molecule is C(=Cc1ccc(N(c2ccccc2)c2ccc(-c3ccc(-c4ccc(N(c5ccccc5)c5ccc(/C=C/c6ccc(N(c7ccccc7)c7ccccc7)cc6)cc5)cc4)c4c3ccc3c5ccccc5ccc34)cc2)cc1)c1ccc(N(c2ccccc2)c2ccccc2)cc1. The van der Waals surface area contributed by atoms with Crippen LogP contribution in [-0.2, 0) is 0 Å². The Balaban J connectivity index is 0.676. The second-order valence-corrected chi connectivity index (χ2v) is 24.5. The van der Waals surface area contributed by atoms with Crippen LogP contribution >= 0.6 is 0 Å². The first-order chi connectivity index (χ1) is 48.6. The average molecular weight is 1250 g/mol. The molecule has 4 heteroatoms. The highest BCUT2D eigenvalue weighted by Crippen LogP contribution is 2.45. The quantitative estimate of drug-likeness (QED) is 0.0627. The number of fused-ring (bicyclic) bond motifs is 5. The standard InChI is InChI=1S/C94H68N4/c1-7-22-76(23-8-1)95(77-24-9-2-10-25-77)82-52-39-69(40-53-82)35-37-71-43-56-84(57-44-71)97(80-30-15-5-16-31-80)86-60-47-74(48-61-86)89-65-66-90(94-92(89)68-67-91-88-34-20-19-21-73(88)51-64-93(91)94)75-49-62-87(63-50-75)98(81-32-17-6-18-33-81)85-58-45-72(46-59-85)38-36-70-41-54-83(55-42-70)96(78-26-11-3-12-27-78)79-28-13-4-14-29-79/h1-68H/b37-35?,38-36+. The first-order valence-electron chi connectivity index (χ1n) is 33.5. The Kier molecular flexibility index (Phi) is 16.8. The minimum atomic E-state index is 1.07. The molecule has 0 aliphatic carbocycles. The van der Waals surface area contributed by atoms with Crippen LogP contribution in [0, 0.1) is 0 Å². The molecule has 16 rings (SSSR count). The molecule has 98 heavy (non-hydrogen) atoms. The van der Waals surface area contributed by atoms with Crippen molar-refractivity contribution in [3.8, 4) is 22.3 Å². The van der Waals surface area contributed by atoms with Gasteiger partial charge in [0.15, 0.2) is 0 Å². The van der Waals surface area contributed by atoms with Crippen LogP contribution in [0.15, 0.2) is 388 Å². The summed E-state index contributed by atoms with van der Waals surface area (Å²) in [6, 6.07) is 140. The van der Waals surface area contributed by atoms with Gasteiger partial charge in [0.25, 0.3) is 0 Å². The first-order valence-corrected chi connectivity index (χ1v) is 33.5. The van der Waals surface area contributed by atoms with Gasteiger partial charge >= 0.3 is 0 Å². The first kappa shape index (κ1) is 60.0. The summed E-state index contributed by atoms with van der Waals surface area (Å²) < 4.78 is 0. The maximum absolute atomic E-state index is 2.34. The molecule has 0 N–H and O–H groups in total. The number of rotatable bonds is 18. The van der Waals surface area contributed by atoms with Gasteiger partial charge < -0.3 is 19.6 Å². The smallest absolute Gasteiger partial charge is 0.0462 e. The van der Waals surface area contributed by atoms with Crippen LogP contribution in [0.4, 0.5) is 68.2 Å². The van der Waals surface area contributed by atoms with Gasteiger partial charge in [-0.05, 0) is 222 Å². The molecule has 16 aromatic rings. The third-order valence-corrected chi connectivity index (χ3v) is 18.4. The number of hydrogen-bond acceptors (Lipinski definition) is 4. The Labute approximate surface area is 573 Å². The van der Waals surface area contributed by atoms with Crippen LogP contribution < -0.4 is 19.6 Å². The van der Waals surface area contributed by atoms with Crippen LogP contribution in [0.1, 0.15) is 22.3 Å². The topological polar surface area (TPSA) is 13.0 Å². The number of benzene rings is 16. The highest BCUT2D eigenvalue weighted by atomic mass is 15.2. The lowest BCUT2D eigenvalue weighted by Gasteiger charge is -2.26. The van der Waals surface area contributed by atoms with Crippen molar-refractivity contribution in [2.24, 2.45) is 0 Å². The van der Waals surface area contributed by atoms with Gasteiger partial charge in [-0.15, -0.1) is 0 Å². The largest absolute Gasteiger partial charge is 0.311 e. The Bertz CT molecular complexity index is 5340. The molecule has 16 aromatic carbocycles. The van der Waals surface area contributed by atoms with E-state index in [9.17, 15) is 0 Å². The third-order valence-electron chi connectivity index (χ3n) is 18.4. The lowest BCUT2D eigenvalue weighted by molar-refractivity contribution is 1.28. The van der Waals surface area contributed by atoms with Gasteiger partial charge in [-0.25, -0.2) is 0 Å². The van der Waals surface area contributed by atoms with Crippen molar-refractivity contribution in [3.05, 3.63) is 411 Å². The van der Waals surface area contributed by atoms with Crippen LogP contribution in [0.3, 0.4) is 0 Å². The van der Waals surface area contributed by atoms with Gasteiger partial charge in [-0.3, -0.25) is 0 Å².